The van der Waals surface area contributed by atoms with E-state index in [4.69, 9.17) is 55.9 Å². The van der Waals surface area contributed by atoms with Crippen LogP contribution in [0.15, 0.2) is 84.0 Å². The van der Waals surface area contributed by atoms with Crippen LogP contribution < -0.4 is 14.9 Å². The molecule has 0 bridgehead atoms. The van der Waals surface area contributed by atoms with Crippen LogP contribution in [0.2, 0.25) is 20.1 Å². The van der Waals surface area contributed by atoms with Crippen molar-refractivity contribution < 1.29 is 19.1 Å². The first-order valence-electron chi connectivity index (χ1n) is 12.6. The van der Waals surface area contributed by atoms with Crippen molar-refractivity contribution in [3.8, 4) is 22.6 Å². The molecule has 0 saturated heterocycles. The first-order valence-corrected chi connectivity index (χ1v) is 14.1. The third-order valence-corrected chi connectivity index (χ3v) is 7.18. The van der Waals surface area contributed by atoms with E-state index >= 15 is 0 Å². The zero-order valence-corrected chi connectivity index (χ0v) is 24.9. The summed E-state index contributed by atoms with van der Waals surface area (Å²) < 4.78 is 11.2. The Morgan fingerprint density at radius 1 is 0.881 bits per heavy atom. The second-order valence-corrected chi connectivity index (χ2v) is 10.6. The smallest absolute Gasteiger partial charge is 0.345 e. The van der Waals surface area contributed by atoms with E-state index in [-0.39, 0.29) is 22.0 Å². The minimum Gasteiger partial charge on any atom is -0.490 e. The first kappa shape index (κ1) is 29.5. The largest absolute Gasteiger partial charge is 0.490 e. The number of benzene rings is 4. The van der Waals surface area contributed by atoms with Gasteiger partial charge in [-0.25, -0.2) is 10.2 Å². The number of carbonyl (C=O) groups is 2. The second kappa shape index (κ2) is 12.9. The number of fused-ring (bicyclic) bond motifs is 1. The van der Waals surface area contributed by atoms with Gasteiger partial charge in [0.1, 0.15) is 5.69 Å². The molecule has 0 spiro atoms. The van der Waals surface area contributed by atoms with Crippen LogP contribution in [0.3, 0.4) is 0 Å². The van der Waals surface area contributed by atoms with E-state index in [0.29, 0.717) is 49.5 Å². The molecular weight excluding hydrogens is 620 g/mol. The molecule has 0 aliphatic carbocycles. The number of hydrogen-bond donors (Lipinski definition) is 2. The lowest BCUT2D eigenvalue weighted by Crippen LogP contribution is -2.18. The first-order chi connectivity index (χ1) is 20.2. The number of rotatable bonds is 8. The Kier molecular flexibility index (Phi) is 9.04. The molecule has 0 unspecified atom stereocenters. The average Bonchev–Trinajstić information content (AvgIpc) is 3.35. The van der Waals surface area contributed by atoms with Gasteiger partial charge in [0, 0.05) is 21.0 Å². The molecule has 1 amide bonds. The van der Waals surface area contributed by atoms with Crippen LogP contribution in [0, 0.1) is 0 Å². The molecule has 2 N–H and O–H groups in total. The van der Waals surface area contributed by atoms with Gasteiger partial charge < -0.3 is 14.5 Å². The van der Waals surface area contributed by atoms with Gasteiger partial charge in [-0.15, -0.1) is 0 Å². The van der Waals surface area contributed by atoms with Gasteiger partial charge in [-0.1, -0.05) is 76.7 Å². The van der Waals surface area contributed by atoms with Gasteiger partial charge in [0.25, 0.3) is 5.91 Å². The lowest BCUT2D eigenvalue weighted by molar-refractivity contribution is 0.0728. The van der Waals surface area contributed by atoms with Crippen LogP contribution in [0.4, 0.5) is 0 Å². The minimum atomic E-state index is -0.666. The van der Waals surface area contributed by atoms with Crippen molar-refractivity contribution in [3.05, 3.63) is 116 Å². The van der Waals surface area contributed by atoms with Crippen LogP contribution in [-0.4, -0.2) is 29.7 Å². The molecule has 5 rings (SSSR count). The average molecular weight is 641 g/mol. The predicted octanol–water partition coefficient (Wildman–Crippen LogP) is 8.83. The summed E-state index contributed by atoms with van der Waals surface area (Å²) in [5.41, 5.74) is 5.61. The molecule has 0 aliphatic rings. The number of H-pyrrole nitrogens is 1. The highest BCUT2D eigenvalue weighted by Gasteiger charge is 2.21. The highest BCUT2D eigenvalue weighted by atomic mass is 35.5. The molecule has 0 fully saturated rings. The maximum atomic E-state index is 13.3. The summed E-state index contributed by atoms with van der Waals surface area (Å²) >= 11 is 24.8. The lowest BCUT2D eigenvalue weighted by Gasteiger charge is -2.12. The fourth-order valence-electron chi connectivity index (χ4n) is 4.28. The van der Waals surface area contributed by atoms with Gasteiger partial charge in [-0.2, -0.15) is 5.10 Å². The number of aromatic nitrogens is 1. The van der Waals surface area contributed by atoms with E-state index in [1.165, 1.54) is 18.3 Å². The fraction of sp³-hybridized carbons (Fsp3) is 0.0645. The Labute approximate surface area is 260 Å². The molecule has 42 heavy (non-hydrogen) atoms. The zero-order valence-electron chi connectivity index (χ0n) is 21.9. The SMILES string of the molecule is CCOc1cc(C=NNC(=O)c2[nH]c3c(Cl)cc(Cl)cc3c2-c2ccccc2)ccc1OC(=O)c1ccc(Cl)cc1Cl. The number of halogens is 4. The van der Waals surface area contributed by atoms with Crippen LogP contribution in [0.5, 0.6) is 11.5 Å². The van der Waals surface area contributed by atoms with E-state index in [1.807, 2.05) is 30.3 Å². The van der Waals surface area contributed by atoms with E-state index in [1.54, 1.807) is 43.3 Å². The summed E-state index contributed by atoms with van der Waals surface area (Å²) in [7, 11) is 0. The summed E-state index contributed by atoms with van der Waals surface area (Å²) in [6, 6.07) is 22.1. The second-order valence-electron chi connectivity index (χ2n) is 8.90. The van der Waals surface area contributed by atoms with E-state index in [9.17, 15) is 9.59 Å². The number of nitrogens with one attached hydrogen (secondary N) is 2. The van der Waals surface area contributed by atoms with Gasteiger partial charge >= 0.3 is 5.97 Å². The summed E-state index contributed by atoms with van der Waals surface area (Å²) in [5.74, 6) is -0.654. The van der Waals surface area contributed by atoms with Gasteiger partial charge in [0.05, 0.1) is 33.9 Å². The van der Waals surface area contributed by atoms with Crippen LogP contribution in [-0.2, 0) is 0 Å². The summed E-state index contributed by atoms with van der Waals surface area (Å²) in [5, 5.41) is 6.24. The normalized spacial score (nSPS) is 11.2. The number of amides is 1. The van der Waals surface area contributed by atoms with Crippen LogP contribution in [0.1, 0.15) is 33.3 Å². The Hall–Kier alpha value is -4.01. The molecule has 1 heterocycles. The van der Waals surface area contributed by atoms with Crippen molar-refractivity contribution in [1.29, 1.82) is 0 Å². The van der Waals surface area contributed by atoms with Gasteiger partial charge in [-0.05, 0) is 66.6 Å². The minimum absolute atomic E-state index is 0.160. The van der Waals surface area contributed by atoms with Gasteiger partial charge in [0.15, 0.2) is 11.5 Å². The zero-order chi connectivity index (χ0) is 29.8. The predicted molar refractivity (Wildman–Crippen MR) is 168 cm³/mol. The molecule has 1 aromatic heterocycles. The van der Waals surface area contributed by atoms with Crippen molar-refractivity contribution in [1.82, 2.24) is 10.4 Å². The number of esters is 1. The van der Waals surface area contributed by atoms with Crippen molar-refractivity contribution in [2.24, 2.45) is 5.10 Å². The van der Waals surface area contributed by atoms with Crippen molar-refractivity contribution >= 4 is 75.4 Å². The highest BCUT2D eigenvalue weighted by Crippen LogP contribution is 2.37. The summed E-state index contributed by atoms with van der Waals surface area (Å²) in [4.78, 5) is 29.1. The Balaban J connectivity index is 1.38. The molecular formula is C31H21Cl4N3O4. The van der Waals surface area contributed by atoms with E-state index < -0.39 is 11.9 Å². The molecule has 0 aliphatic heterocycles. The summed E-state index contributed by atoms with van der Waals surface area (Å²) in [6.45, 7) is 2.12. The van der Waals surface area contributed by atoms with Crippen LogP contribution in [0.25, 0.3) is 22.0 Å². The Bertz CT molecular complexity index is 1840. The number of hydrogen-bond acceptors (Lipinski definition) is 5. The Morgan fingerprint density at radius 2 is 1.64 bits per heavy atom. The van der Waals surface area contributed by atoms with Crippen molar-refractivity contribution in [3.63, 3.8) is 0 Å². The maximum Gasteiger partial charge on any atom is 0.345 e. The molecule has 5 aromatic rings. The number of aromatic amines is 1. The van der Waals surface area contributed by atoms with Crippen LogP contribution >= 0.6 is 46.4 Å². The quantitative estimate of drug-likeness (QED) is 0.0767. The molecule has 4 aromatic carbocycles. The number of ether oxygens (including phenoxy) is 2. The van der Waals surface area contributed by atoms with E-state index in [0.717, 1.165) is 5.56 Å². The lowest BCUT2D eigenvalue weighted by atomic mass is 10.0. The third kappa shape index (κ3) is 6.40. The molecule has 0 radical (unpaired) electrons. The standard InChI is InChI=1S/C31H21Cl4N3O4/c1-2-41-26-12-17(8-11-25(26)42-31(40)21-10-9-19(32)14-23(21)34)16-36-38-30(39)29-27(18-6-4-3-5-7-18)22-13-20(33)15-24(35)28(22)37-29/h3-16,37H,2H2,1H3,(H,38,39). The molecule has 11 heteroatoms. The molecule has 212 valence electrons. The molecule has 0 atom stereocenters. The molecule has 7 nitrogen and oxygen atoms in total. The number of nitrogens with zero attached hydrogens (tertiary/aromatic N) is 1. The van der Waals surface area contributed by atoms with E-state index in [2.05, 4.69) is 15.5 Å². The number of carbonyl (C=O) groups excluding carboxylic acids is 2. The Morgan fingerprint density at radius 3 is 2.38 bits per heavy atom. The topological polar surface area (TPSA) is 92.8 Å². The number of hydrazone groups is 1. The van der Waals surface area contributed by atoms with Crippen molar-refractivity contribution in [2.75, 3.05) is 6.61 Å². The van der Waals surface area contributed by atoms with Gasteiger partial charge in [-0.3, -0.25) is 4.79 Å². The monoisotopic (exact) mass is 639 g/mol. The van der Waals surface area contributed by atoms with Gasteiger partial charge in [0.2, 0.25) is 0 Å². The summed E-state index contributed by atoms with van der Waals surface area (Å²) in [6.07, 6.45) is 1.44. The maximum absolute atomic E-state index is 13.3. The van der Waals surface area contributed by atoms with Crippen molar-refractivity contribution in [2.45, 2.75) is 6.92 Å². The highest BCUT2D eigenvalue weighted by molar-refractivity contribution is 6.39. The molecule has 0 saturated carbocycles. The third-order valence-electron chi connectivity index (χ3n) is 6.11. The fourth-order valence-corrected chi connectivity index (χ4v) is 5.31.